The first kappa shape index (κ1) is 15.9. The van der Waals surface area contributed by atoms with E-state index in [-0.39, 0.29) is 29.6 Å². The molecule has 4 rings (SSSR count). The topological polar surface area (TPSA) is 49.4 Å². The van der Waals surface area contributed by atoms with Crippen LogP contribution < -0.4 is 5.32 Å². The first-order valence-electron chi connectivity index (χ1n) is 8.64. The zero-order chi connectivity index (χ0) is 16.5. The SMILES string of the molecule is O=C(CC1C=Cc2ccccc21)C1CCN[C@H]1C(=O)N1CCSC1. The maximum atomic E-state index is 12.9. The third kappa shape index (κ3) is 2.91. The Bertz CT molecular complexity index is 682. The molecule has 3 aliphatic rings. The Morgan fingerprint density at radius 3 is 3.00 bits per heavy atom. The van der Waals surface area contributed by atoms with Crippen molar-refractivity contribution in [1.82, 2.24) is 10.2 Å². The minimum atomic E-state index is -0.322. The lowest BCUT2D eigenvalue weighted by molar-refractivity contribution is -0.136. The molecule has 0 aromatic heterocycles. The van der Waals surface area contributed by atoms with Gasteiger partial charge in [0.05, 0.1) is 11.9 Å². The number of carbonyl (C=O) groups is 2. The quantitative estimate of drug-likeness (QED) is 0.912. The van der Waals surface area contributed by atoms with Crippen LogP contribution >= 0.6 is 11.8 Å². The highest BCUT2D eigenvalue weighted by Crippen LogP contribution is 2.34. The summed E-state index contributed by atoms with van der Waals surface area (Å²) < 4.78 is 0. The largest absolute Gasteiger partial charge is 0.331 e. The van der Waals surface area contributed by atoms with Crippen LogP contribution in [-0.2, 0) is 9.59 Å². The monoisotopic (exact) mass is 342 g/mol. The Morgan fingerprint density at radius 2 is 2.17 bits per heavy atom. The van der Waals surface area contributed by atoms with Crippen LogP contribution in [-0.4, -0.2) is 47.4 Å². The van der Waals surface area contributed by atoms with Crippen LogP contribution in [0, 0.1) is 5.92 Å². The number of allylic oxidation sites excluding steroid dienone is 1. The van der Waals surface area contributed by atoms with Gasteiger partial charge in [-0.1, -0.05) is 36.4 Å². The van der Waals surface area contributed by atoms with Crippen LogP contribution in [0.3, 0.4) is 0 Å². The predicted molar refractivity (Wildman–Crippen MR) is 96.8 cm³/mol. The number of nitrogens with zero attached hydrogens (tertiary/aromatic N) is 1. The number of ketones is 1. The van der Waals surface area contributed by atoms with E-state index in [0.29, 0.717) is 6.42 Å². The molecule has 2 unspecified atom stereocenters. The molecule has 0 bridgehead atoms. The van der Waals surface area contributed by atoms with E-state index in [4.69, 9.17) is 0 Å². The first-order chi connectivity index (χ1) is 11.7. The van der Waals surface area contributed by atoms with Gasteiger partial charge in [-0.15, -0.1) is 11.8 Å². The molecule has 5 heteroatoms. The second-order valence-corrected chi connectivity index (χ2v) is 7.81. The van der Waals surface area contributed by atoms with E-state index in [0.717, 1.165) is 31.1 Å². The summed E-state index contributed by atoms with van der Waals surface area (Å²) in [5, 5.41) is 3.27. The van der Waals surface area contributed by atoms with E-state index < -0.39 is 0 Å². The average Bonchev–Trinajstić information content (AvgIpc) is 3.35. The number of benzene rings is 1. The number of thioether (sulfide) groups is 1. The molecule has 3 atom stereocenters. The molecule has 126 valence electrons. The van der Waals surface area contributed by atoms with Gasteiger partial charge < -0.3 is 10.2 Å². The van der Waals surface area contributed by atoms with Crippen molar-refractivity contribution in [1.29, 1.82) is 0 Å². The van der Waals surface area contributed by atoms with E-state index in [1.54, 1.807) is 11.8 Å². The Balaban J connectivity index is 1.44. The molecular weight excluding hydrogens is 320 g/mol. The van der Waals surface area contributed by atoms with Crippen molar-refractivity contribution in [3.05, 3.63) is 41.5 Å². The van der Waals surface area contributed by atoms with Gasteiger partial charge in [0, 0.05) is 30.6 Å². The molecule has 1 aliphatic carbocycles. The molecule has 0 saturated carbocycles. The lowest BCUT2D eigenvalue weighted by atomic mass is 9.87. The van der Waals surface area contributed by atoms with Gasteiger partial charge in [0.25, 0.3) is 0 Å². The van der Waals surface area contributed by atoms with E-state index in [1.165, 1.54) is 11.1 Å². The van der Waals surface area contributed by atoms with Gasteiger partial charge >= 0.3 is 0 Å². The summed E-state index contributed by atoms with van der Waals surface area (Å²) in [5.41, 5.74) is 2.44. The highest BCUT2D eigenvalue weighted by molar-refractivity contribution is 7.99. The van der Waals surface area contributed by atoms with Crippen molar-refractivity contribution in [2.24, 2.45) is 5.92 Å². The van der Waals surface area contributed by atoms with Gasteiger partial charge in [-0.05, 0) is 24.1 Å². The molecular formula is C19H22N2O2S. The minimum Gasteiger partial charge on any atom is -0.331 e. The van der Waals surface area contributed by atoms with Crippen LogP contribution in [0.4, 0.5) is 0 Å². The lowest BCUT2D eigenvalue weighted by Crippen LogP contribution is -2.47. The number of Topliss-reactive ketones (excluding diaryl/α,β-unsaturated/α-hetero) is 1. The number of hydrogen-bond acceptors (Lipinski definition) is 4. The van der Waals surface area contributed by atoms with Crippen molar-refractivity contribution in [3.8, 4) is 0 Å². The molecule has 2 fully saturated rings. The molecule has 1 aromatic carbocycles. The first-order valence-corrected chi connectivity index (χ1v) is 9.79. The summed E-state index contributed by atoms with van der Waals surface area (Å²) >= 11 is 1.78. The van der Waals surface area contributed by atoms with Crippen molar-refractivity contribution < 1.29 is 9.59 Å². The van der Waals surface area contributed by atoms with E-state index in [2.05, 4.69) is 29.6 Å². The van der Waals surface area contributed by atoms with Crippen LogP contribution in [0.2, 0.25) is 0 Å². The van der Waals surface area contributed by atoms with E-state index >= 15 is 0 Å². The highest BCUT2D eigenvalue weighted by Gasteiger charge is 2.40. The number of rotatable bonds is 4. The fraction of sp³-hybridized carbons (Fsp3) is 0.474. The Labute approximate surface area is 146 Å². The van der Waals surface area contributed by atoms with Gasteiger partial charge in [0.2, 0.25) is 5.91 Å². The second-order valence-electron chi connectivity index (χ2n) is 6.73. The molecule has 2 aliphatic heterocycles. The molecule has 2 heterocycles. The number of nitrogens with one attached hydrogen (secondary N) is 1. The number of fused-ring (bicyclic) bond motifs is 1. The fourth-order valence-electron chi connectivity index (χ4n) is 3.96. The van der Waals surface area contributed by atoms with Crippen LogP contribution in [0.25, 0.3) is 6.08 Å². The molecule has 1 aromatic rings. The standard InChI is InChI=1S/C19H22N2O2S/c22-17(11-14-6-5-13-3-1-2-4-15(13)14)16-7-8-20-18(16)19(23)21-9-10-24-12-21/h1-6,14,16,18,20H,7-12H2/t14?,16?,18-/m1/s1. The zero-order valence-electron chi connectivity index (χ0n) is 13.6. The van der Waals surface area contributed by atoms with Gasteiger partial charge in [0.15, 0.2) is 0 Å². The van der Waals surface area contributed by atoms with Gasteiger partial charge in [0.1, 0.15) is 5.78 Å². The fourth-order valence-corrected chi connectivity index (χ4v) is 4.92. The normalized spacial score (nSPS) is 28.3. The van der Waals surface area contributed by atoms with Crippen molar-refractivity contribution >= 4 is 29.5 Å². The molecule has 24 heavy (non-hydrogen) atoms. The summed E-state index contributed by atoms with van der Waals surface area (Å²) in [7, 11) is 0. The maximum absolute atomic E-state index is 12.9. The molecule has 1 amide bonds. The maximum Gasteiger partial charge on any atom is 0.241 e. The summed E-state index contributed by atoms with van der Waals surface area (Å²) in [6, 6.07) is 7.92. The predicted octanol–water partition coefficient (Wildman–Crippen LogP) is 2.27. The summed E-state index contributed by atoms with van der Waals surface area (Å²) in [4.78, 5) is 27.5. The van der Waals surface area contributed by atoms with Crippen molar-refractivity contribution in [3.63, 3.8) is 0 Å². The zero-order valence-corrected chi connectivity index (χ0v) is 14.4. The highest BCUT2D eigenvalue weighted by atomic mass is 32.2. The molecule has 1 N–H and O–H groups in total. The number of amides is 1. The summed E-state index contributed by atoms with van der Waals surface area (Å²) in [5.74, 6) is 2.07. The van der Waals surface area contributed by atoms with Crippen LogP contribution in [0.5, 0.6) is 0 Å². The third-order valence-electron chi connectivity index (χ3n) is 5.29. The summed E-state index contributed by atoms with van der Waals surface area (Å²) in [6.07, 6.45) is 5.50. The minimum absolute atomic E-state index is 0.109. The molecule has 4 nitrogen and oxygen atoms in total. The molecule has 0 radical (unpaired) electrons. The van der Waals surface area contributed by atoms with Crippen LogP contribution in [0.1, 0.15) is 29.9 Å². The number of carbonyl (C=O) groups excluding carboxylic acids is 2. The number of hydrogen-bond donors (Lipinski definition) is 1. The summed E-state index contributed by atoms with van der Waals surface area (Å²) in [6.45, 7) is 1.56. The second kappa shape index (κ2) is 6.73. The van der Waals surface area contributed by atoms with Crippen molar-refractivity contribution in [2.45, 2.75) is 24.8 Å². The van der Waals surface area contributed by atoms with Crippen molar-refractivity contribution in [2.75, 3.05) is 24.7 Å². The lowest BCUT2D eigenvalue weighted by Gasteiger charge is -2.24. The van der Waals surface area contributed by atoms with Gasteiger partial charge in [-0.2, -0.15) is 0 Å². The smallest absolute Gasteiger partial charge is 0.241 e. The Hall–Kier alpha value is -1.59. The third-order valence-corrected chi connectivity index (χ3v) is 6.26. The van der Waals surface area contributed by atoms with Gasteiger partial charge in [-0.25, -0.2) is 0 Å². The Morgan fingerprint density at radius 1 is 1.29 bits per heavy atom. The van der Waals surface area contributed by atoms with E-state index in [9.17, 15) is 9.59 Å². The van der Waals surface area contributed by atoms with Gasteiger partial charge in [-0.3, -0.25) is 9.59 Å². The van der Waals surface area contributed by atoms with E-state index in [1.807, 2.05) is 17.0 Å². The average molecular weight is 342 g/mol. The Kier molecular flexibility index (Phi) is 4.46. The molecule has 0 spiro atoms. The van der Waals surface area contributed by atoms with Crippen LogP contribution in [0.15, 0.2) is 30.3 Å². The molecule has 2 saturated heterocycles.